The zero-order chi connectivity index (χ0) is 14.6. The van der Waals surface area contributed by atoms with Crippen LogP contribution in [0, 0.1) is 0 Å². The summed E-state index contributed by atoms with van der Waals surface area (Å²) in [4.78, 5) is 6.35. The summed E-state index contributed by atoms with van der Waals surface area (Å²) >= 11 is 0. The van der Waals surface area contributed by atoms with E-state index in [9.17, 15) is 0 Å². The Hall–Kier alpha value is -1.75. The number of para-hydroxylation sites is 1. The highest BCUT2D eigenvalue weighted by molar-refractivity contribution is 5.79. The summed E-state index contributed by atoms with van der Waals surface area (Å²) in [5.74, 6) is 1.71. The van der Waals surface area contributed by atoms with Crippen molar-refractivity contribution in [3.05, 3.63) is 30.3 Å². The summed E-state index contributed by atoms with van der Waals surface area (Å²) in [6, 6.07) is 9.81. The van der Waals surface area contributed by atoms with Crippen LogP contribution >= 0.6 is 0 Å². The van der Waals surface area contributed by atoms with E-state index in [1.54, 1.807) is 7.05 Å². The van der Waals surface area contributed by atoms with Crippen molar-refractivity contribution in [3.8, 4) is 5.75 Å². The lowest BCUT2D eigenvalue weighted by molar-refractivity contribution is 0.322. The smallest absolute Gasteiger partial charge is 0.191 e. The van der Waals surface area contributed by atoms with Gasteiger partial charge in [-0.25, -0.2) is 0 Å². The Bertz CT molecular complexity index is 379. The number of benzene rings is 1. The maximum absolute atomic E-state index is 5.61. The lowest BCUT2D eigenvalue weighted by Gasteiger charge is -2.13. The number of nitrogens with one attached hydrogen (secondary N) is 2. The number of rotatable bonds is 8. The molecule has 5 nitrogen and oxygen atoms in total. The third-order valence-electron chi connectivity index (χ3n) is 2.70. The number of guanidine groups is 1. The predicted octanol–water partition coefficient (Wildman–Crippen LogP) is 1.18. The van der Waals surface area contributed by atoms with Crippen LogP contribution in [0.2, 0.25) is 0 Å². The van der Waals surface area contributed by atoms with Gasteiger partial charge in [-0.3, -0.25) is 4.99 Å². The molecule has 0 unspecified atom stereocenters. The highest BCUT2D eigenvalue weighted by Crippen LogP contribution is 2.07. The maximum Gasteiger partial charge on any atom is 0.191 e. The van der Waals surface area contributed by atoms with Crippen molar-refractivity contribution in [2.75, 3.05) is 47.4 Å². The van der Waals surface area contributed by atoms with Gasteiger partial charge in [-0.15, -0.1) is 0 Å². The molecule has 0 aliphatic heterocycles. The van der Waals surface area contributed by atoms with Crippen LogP contribution in [0.4, 0.5) is 0 Å². The van der Waals surface area contributed by atoms with Crippen LogP contribution in [0.1, 0.15) is 6.42 Å². The van der Waals surface area contributed by atoms with Crippen LogP contribution in [0.5, 0.6) is 5.75 Å². The fourth-order valence-electron chi connectivity index (χ4n) is 1.68. The van der Waals surface area contributed by atoms with Gasteiger partial charge in [-0.2, -0.15) is 0 Å². The van der Waals surface area contributed by atoms with Crippen LogP contribution < -0.4 is 15.4 Å². The molecule has 1 aromatic carbocycles. The molecule has 0 amide bonds. The van der Waals surface area contributed by atoms with Gasteiger partial charge in [-0.1, -0.05) is 18.2 Å². The van der Waals surface area contributed by atoms with E-state index in [0.717, 1.165) is 37.8 Å². The minimum absolute atomic E-state index is 0.614. The SMILES string of the molecule is CN=C(NCCCN(C)C)NCCOc1ccccc1. The first kappa shape index (κ1) is 16.3. The average molecular weight is 278 g/mol. The van der Waals surface area contributed by atoms with Gasteiger partial charge in [-0.05, 0) is 39.2 Å². The van der Waals surface area contributed by atoms with E-state index in [2.05, 4.69) is 34.6 Å². The molecular weight excluding hydrogens is 252 g/mol. The van der Waals surface area contributed by atoms with Gasteiger partial charge in [0.25, 0.3) is 0 Å². The van der Waals surface area contributed by atoms with Gasteiger partial charge in [0.1, 0.15) is 12.4 Å². The molecule has 20 heavy (non-hydrogen) atoms. The molecule has 0 bridgehead atoms. The molecule has 1 rings (SSSR count). The van der Waals surface area contributed by atoms with Crippen molar-refractivity contribution in [1.29, 1.82) is 0 Å². The van der Waals surface area contributed by atoms with E-state index in [1.807, 2.05) is 30.3 Å². The first-order valence-electron chi connectivity index (χ1n) is 6.99. The second kappa shape index (κ2) is 10.1. The third kappa shape index (κ3) is 7.63. The summed E-state index contributed by atoms with van der Waals surface area (Å²) in [6.07, 6.45) is 1.09. The third-order valence-corrected chi connectivity index (χ3v) is 2.70. The first-order valence-corrected chi connectivity index (χ1v) is 6.99. The highest BCUT2D eigenvalue weighted by atomic mass is 16.5. The Kier molecular flexibility index (Phi) is 8.22. The van der Waals surface area contributed by atoms with Crippen molar-refractivity contribution in [2.24, 2.45) is 4.99 Å². The number of ether oxygens (including phenoxy) is 1. The Labute approximate surface area is 122 Å². The molecule has 0 saturated carbocycles. The normalized spacial score (nSPS) is 11.5. The van der Waals surface area contributed by atoms with E-state index >= 15 is 0 Å². The van der Waals surface area contributed by atoms with Crippen molar-refractivity contribution in [2.45, 2.75) is 6.42 Å². The van der Waals surface area contributed by atoms with Gasteiger partial charge < -0.3 is 20.3 Å². The summed E-state index contributed by atoms with van der Waals surface area (Å²) < 4.78 is 5.61. The van der Waals surface area contributed by atoms with Gasteiger partial charge in [0.15, 0.2) is 5.96 Å². The summed E-state index contributed by atoms with van der Waals surface area (Å²) in [7, 11) is 5.93. The maximum atomic E-state index is 5.61. The van der Waals surface area contributed by atoms with Crippen molar-refractivity contribution in [1.82, 2.24) is 15.5 Å². The highest BCUT2D eigenvalue weighted by Gasteiger charge is 1.97. The molecule has 2 N–H and O–H groups in total. The van der Waals surface area contributed by atoms with Crippen molar-refractivity contribution < 1.29 is 4.74 Å². The van der Waals surface area contributed by atoms with Crippen molar-refractivity contribution >= 4 is 5.96 Å². The Morgan fingerprint density at radius 1 is 1.15 bits per heavy atom. The molecule has 112 valence electrons. The summed E-state index contributed by atoms with van der Waals surface area (Å²) in [5.41, 5.74) is 0. The second-order valence-electron chi connectivity index (χ2n) is 4.74. The van der Waals surface area contributed by atoms with Gasteiger partial charge >= 0.3 is 0 Å². The molecular formula is C15H26N4O. The molecule has 5 heteroatoms. The number of aliphatic imine (C=N–C) groups is 1. The summed E-state index contributed by atoms with van der Waals surface area (Å²) in [6.45, 7) is 3.32. The minimum atomic E-state index is 0.614. The average Bonchev–Trinajstić information content (AvgIpc) is 2.46. The largest absolute Gasteiger partial charge is 0.492 e. The van der Waals surface area contributed by atoms with Crippen LogP contribution in [0.3, 0.4) is 0 Å². The lowest BCUT2D eigenvalue weighted by atomic mass is 10.3. The van der Waals surface area contributed by atoms with Crippen LogP contribution in [0.15, 0.2) is 35.3 Å². The second-order valence-corrected chi connectivity index (χ2v) is 4.74. The molecule has 0 aliphatic carbocycles. The number of hydrogen-bond acceptors (Lipinski definition) is 3. The topological polar surface area (TPSA) is 48.9 Å². The van der Waals surface area contributed by atoms with Crippen LogP contribution in [-0.4, -0.2) is 58.2 Å². The number of nitrogens with zero attached hydrogens (tertiary/aromatic N) is 2. The summed E-state index contributed by atoms with van der Waals surface area (Å²) in [5, 5.41) is 6.51. The van der Waals surface area contributed by atoms with E-state index in [-0.39, 0.29) is 0 Å². The Balaban J connectivity index is 2.09. The number of hydrogen-bond donors (Lipinski definition) is 2. The molecule has 0 radical (unpaired) electrons. The molecule has 0 fully saturated rings. The molecule has 0 atom stereocenters. The van der Waals surface area contributed by atoms with Crippen molar-refractivity contribution in [3.63, 3.8) is 0 Å². The van der Waals surface area contributed by atoms with Crippen LogP contribution in [0.25, 0.3) is 0 Å². The van der Waals surface area contributed by atoms with Gasteiger partial charge in [0.05, 0.1) is 6.54 Å². The molecule has 1 aromatic rings. The van der Waals surface area contributed by atoms with Gasteiger partial charge in [0.2, 0.25) is 0 Å². The quantitative estimate of drug-likeness (QED) is 0.426. The zero-order valence-corrected chi connectivity index (χ0v) is 12.7. The zero-order valence-electron chi connectivity index (χ0n) is 12.7. The van der Waals surface area contributed by atoms with E-state index < -0.39 is 0 Å². The fourth-order valence-corrected chi connectivity index (χ4v) is 1.68. The molecule has 0 spiro atoms. The molecule has 0 aliphatic rings. The Morgan fingerprint density at radius 3 is 2.50 bits per heavy atom. The van der Waals surface area contributed by atoms with Gasteiger partial charge in [0, 0.05) is 13.6 Å². The minimum Gasteiger partial charge on any atom is -0.492 e. The lowest BCUT2D eigenvalue weighted by Crippen LogP contribution is -2.40. The first-order chi connectivity index (χ1) is 9.72. The molecule has 0 aromatic heterocycles. The van der Waals surface area contributed by atoms with Crippen LogP contribution in [-0.2, 0) is 0 Å². The predicted molar refractivity (Wildman–Crippen MR) is 84.5 cm³/mol. The van der Waals surface area contributed by atoms with E-state index in [0.29, 0.717) is 6.61 Å². The standard InChI is InChI=1S/C15H26N4O/c1-16-15(17-10-7-12-19(2)3)18-11-13-20-14-8-5-4-6-9-14/h4-6,8-9H,7,10-13H2,1-3H3,(H2,16,17,18). The van der Waals surface area contributed by atoms with E-state index in [1.165, 1.54) is 0 Å². The monoisotopic (exact) mass is 278 g/mol. The molecule has 0 saturated heterocycles. The van der Waals surface area contributed by atoms with E-state index in [4.69, 9.17) is 4.74 Å². The Morgan fingerprint density at radius 2 is 1.85 bits per heavy atom. The molecule has 0 heterocycles. The fraction of sp³-hybridized carbons (Fsp3) is 0.533.